The molecule has 0 aromatic heterocycles. The van der Waals surface area contributed by atoms with E-state index in [1.54, 1.807) is 0 Å². The van der Waals surface area contributed by atoms with Gasteiger partial charge in [-0.05, 0) is 12.8 Å². The van der Waals surface area contributed by atoms with E-state index in [0.717, 1.165) is 4.31 Å². The first-order chi connectivity index (χ1) is 8.87. The van der Waals surface area contributed by atoms with Crippen molar-refractivity contribution in [3.8, 4) is 0 Å². The van der Waals surface area contributed by atoms with Crippen molar-refractivity contribution in [1.29, 1.82) is 0 Å². The normalized spacial score (nSPS) is 11.4. The molecule has 0 aromatic carbocycles. The van der Waals surface area contributed by atoms with Crippen LogP contribution in [0, 0.1) is 0 Å². The van der Waals surface area contributed by atoms with Crippen LogP contribution < -0.4 is 0 Å². The van der Waals surface area contributed by atoms with Gasteiger partial charge in [0.15, 0.2) is 0 Å². The van der Waals surface area contributed by atoms with Crippen LogP contribution in [0.2, 0.25) is 0 Å². The fourth-order valence-electron chi connectivity index (χ4n) is 1.40. The van der Waals surface area contributed by atoms with Gasteiger partial charge in [0.1, 0.15) is 6.54 Å². The highest BCUT2D eigenvalue weighted by atomic mass is 32.2. The lowest BCUT2D eigenvalue weighted by molar-refractivity contribution is -0.141. The lowest BCUT2D eigenvalue weighted by atomic mass is 10.3. The van der Waals surface area contributed by atoms with Crippen LogP contribution in [0.15, 0.2) is 0 Å². The predicted octanol–water partition coefficient (Wildman–Crippen LogP) is 0.154. The molecule has 0 atom stereocenters. The van der Waals surface area contributed by atoms with Crippen LogP contribution in [0.25, 0.3) is 0 Å². The zero-order chi connectivity index (χ0) is 14.9. The molecule has 112 valence electrons. The third-order valence-electron chi connectivity index (χ3n) is 2.41. The van der Waals surface area contributed by atoms with E-state index in [0.29, 0.717) is 6.42 Å². The number of methoxy groups -OCH3 is 2. The van der Waals surface area contributed by atoms with Gasteiger partial charge in [0.25, 0.3) is 0 Å². The fraction of sp³-hybridized carbons (Fsp3) is 0.818. The highest BCUT2D eigenvalue weighted by Crippen LogP contribution is 2.07. The summed E-state index contributed by atoms with van der Waals surface area (Å²) in [6.45, 7) is 1.76. The van der Waals surface area contributed by atoms with E-state index in [1.165, 1.54) is 14.2 Å². The molecule has 0 saturated carbocycles. The van der Waals surface area contributed by atoms with E-state index in [4.69, 9.17) is 0 Å². The van der Waals surface area contributed by atoms with Gasteiger partial charge in [0, 0.05) is 13.0 Å². The number of hydrogen-bond donors (Lipinski definition) is 0. The van der Waals surface area contributed by atoms with Crippen LogP contribution in [-0.4, -0.2) is 57.7 Å². The molecule has 0 radical (unpaired) electrons. The lowest BCUT2D eigenvalue weighted by Crippen LogP contribution is -2.38. The van der Waals surface area contributed by atoms with Gasteiger partial charge in [-0.15, -0.1) is 0 Å². The van der Waals surface area contributed by atoms with Crippen molar-refractivity contribution in [2.24, 2.45) is 0 Å². The number of sulfonamides is 1. The molecule has 0 aliphatic carbocycles. The summed E-state index contributed by atoms with van der Waals surface area (Å²) in [6.07, 6.45) is 0.789. The van der Waals surface area contributed by atoms with Crippen molar-refractivity contribution in [2.45, 2.75) is 26.2 Å². The first-order valence-electron chi connectivity index (χ1n) is 5.98. The summed E-state index contributed by atoms with van der Waals surface area (Å²) in [4.78, 5) is 22.1. The molecule has 0 rings (SSSR count). The number of ether oxygens (including phenoxy) is 2. The van der Waals surface area contributed by atoms with Gasteiger partial charge >= 0.3 is 11.9 Å². The molecule has 0 unspecified atom stereocenters. The van der Waals surface area contributed by atoms with Gasteiger partial charge in [0.05, 0.1) is 20.0 Å². The van der Waals surface area contributed by atoms with Crippen LogP contribution in [0.3, 0.4) is 0 Å². The van der Waals surface area contributed by atoms with Gasteiger partial charge in [-0.2, -0.15) is 4.31 Å². The zero-order valence-electron chi connectivity index (χ0n) is 11.5. The highest BCUT2D eigenvalue weighted by molar-refractivity contribution is 7.89. The number of esters is 2. The second-order valence-electron chi connectivity index (χ2n) is 3.91. The van der Waals surface area contributed by atoms with E-state index in [2.05, 4.69) is 9.47 Å². The maximum atomic E-state index is 12.0. The molecule has 0 aliphatic rings. The number of carbonyl (C=O) groups is 2. The minimum Gasteiger partial charge on any atom is -0.469 e. The quantitative estimate of drug-likeness (QED) is 0.563. The van der Waals surface area contributed by atoms with E-state index >= 15 is 0 Å². The number of nitrogens with zero attached hydrogens (tertiary/aromatic N) is 1. The fourth-order valence-corrected chi connectivity index (χ4v) is 2.93. The number of hydrogen-bond acceptors (Lipinski definition) is 6. The Bertz CT molecular complexity index is 392. The Morgan fingerprint density at radius 3 is 2.16 bits per heavy atom. The number of carbonyl (C=O) groups excluding carboxylic acids is 2. The Morgan fingerprint density at radius 1 is 1.11 bits per heavy atom. The number of rotatable bonds is 9. The Morgan fingerprint density at radius 2 is 1.68 bits per heavy atom. The van der Waals surface area contributed by atoms with E-state index in [-0.39, 0.29) is 31.7 Å². The van der Waals surface area contributed by atoms with Crippen molar-refractivity contribution < 1.29 is 27.5 Å². The van der Waals surface area contributed by atoms with Gasteiger partial charge < -0.3 is 9.47 Å². The van der Waals surface area contributed by atoms with E-state index < -0.39 is 22.0 Å². The summed E-state index contributed by atoms with van der Waals surface area (Å²) in [5, 5.41) is 0. The minimum absolute atomic E-state index is 0.0356. The van der Waals surface area contributed by atoms with Crippen molar-refractivity contribution in [3.63, 3.8) is 0 Å². The van der Waals surface area contributed by atoms with Crippen molar-refractivity contribution in [2.75, 3.05) is 33.1 Å². The van der Waals surface area contributed by atoms with Crippen LogP contribution in [0.5, 0.6) is 0 Å². The molecule has 8 heteroatoms. The van der Waals surface area contributed by atoms with Crippen LogP contribution in [-0.2, 0) is 29.1 Å². The average Bonchev–Trinajstić information content (AvgIpc) is 2.37. The maximum absolute atomic E-state index is 12.0. The molecule has 0 spiro atoms. The van der Waals surface area contributed by atoms with Gasteiger partial charge in [0.2, 0.25) is 10.0 Å². The molecule has 0 amide bonds. The van der Waals surface area contributed by atoms with Crippen LogP contribution >= 0.6 is 0 Å². The standard InChI is InChI=1S/C11H21NO6S/c1-4-7-12(9-11(14)18-3)19(15,16)8-5-6-10(13)17-2/h4-9H2,1-3H3. The van der Waals surface area contributed by atoms with Crippen molar-refractivity contribution >= 4 is 22.0 Å². The molecule has 19 heavy (non-hydrogen) atoms. The Kier molecular flexibility index (Phi) is 8.33. The summed E-state index contributed by atoms with van der Waals surface area (Å²) in [5.41, 5.74) is 0. The molecule has 0 bridgehead atoms. The minimum atomic E-state index is -3.57. The van der Waals surface area contributed by atoms with Crippen LogP contribution in [0.4, 0.5) is 0 Å². The first kappa shape index (κ1) is 17.8. The zero-order valence-corrected chi connectivity index (χ0v) is 12.4. The van der Waals surface area contributed by atoms with Crippen molar-refractivity contribution in [3.05, 3.63) is 0 Å². The average molecular weight is 295 g/mol. The molecule has 0 fully saturated rings. The Hall–Kier alpha value is -1.15. The molecular formula is C11H21NO6S. The third-order valence-corrected chi connectivity index (χ3v) is 4.31. The molecular weight excluding hydrogens is 274 g/mol. The topological polar surface area (TPSA) is 90.0 Å². The molecule has 0 aliphatic heterocycles. The van der Waals surface area contributed by atoms with Gasteiger partial charge in [-0.1, -0.05) is 6.92 Å². The highest BCUT2D eigenvalue weighted by Gasteiger charge is 2.24. The van der Waals surface area contributed by atoms with E-state index in [9.17, 15) is 18.0 Å². The monoisotopic (exact) mass is 295 g/mol. The Balaban J connectivity index is 4.52. The third kappa shape index (κ3) is 7.12. The van der Waals surface area contributed by atoms with E-state index in [1.807, 2.05) is 6.92 Å². The summed E-state index contributed by atoms with van der Waals surface area (Å²) < 4.78 is 34.0. The predicted molar refractivity (Wildman–Crippen MR) is 68.9 cm³/mol. The van der Waals surface area contributed by atoms with Gasteiger partial charge in [-0.25, -0.2) is 8.42 Å². The molecule has 7 nitrogen and oxygen atoms in total. The van der Waals surface area contributed by atoms with Crippen LogP contribution in [0.1, 0.15) is 26.2 Å². The van der Waals surface area contributed by atoms with Crippen molar-refractivity contribution in [1.82, 2.24) is 4.31 Å². The first-order valence-corrected chi connectivity index (χ1v) is 7.59. The summed E-state index contributed by atoms with van der Waals surface area (Å²) in [6, 6.07) is 0. The molecule has 0 aromatic rings. The molecule has 0 N–H and O–H groups in total. The second kappa shape index (κ2) is 8.87. The van der Waals surface area contributed by atoms with Gasteiger partial charge in [-0.3, -0.25) is 9.59 Å². The SMILES string of the molecule is CCCN(CC(=O)OC)S(=O)(=O)CCCC(=O)OC. The summed E-state index contributed by atoms with van der Waals surface area (Å²) in [7, 11) is -1.12. The smallest absolute Gasteiger partial charge is 0.321 e. The summed E-state index contributed by atoms with van der Waals surface area (Å²) >= 11 is 0. The molecule has 0 saturated heterocycles. The maximum Gasteiger partial charge on any atom is 0.321 e. The Labute approximate surface area is 113 Å². The molecule has 0 heterocycles. The largest absolute Gasteiger partial charge is 0.469 e. The second-order valence-corrected chi connectivity index (χ2v) is 5.99. The summed E-state index contributed by atoms with van der Waals surface area (Å²) in [5.74, 6) is -1.26. The lowest BCUT2D eigenvalue weighted by Gasteiger charge is -2.20.